The first-order valence-electron chi connectivity index (χ1n) is 7.18. The Morgan fingerprint density at radius 3 is 2.81 bits per heavy atom. The zero-order chi connectivity index (χ0) is 14.8. The molecule has 1 atom stereocenters. The van der Waals surface area contributed by atoms with Crippen LogP contribution in [0.4, 0.5) is 0 Å². The van der Waals surface area contributed by atoms with Crippen molar-refractivity contribution in [3.8, 4) is 5.69 Å². The lowest BCUT2D eigenvalue weighted by molar-refractivity contribution is 0.0649. The third-order valence-corrected chi connectivity index (χ3v) is 3.86. The van der Waals surface area contributed by atoms with Gasteiger partial charge in [-0.1, -0.05) is 23.4 Å². The van der Waals surface area contributed by atoms with E-state index in [2.05, 4.69) is 15.6 Å². The Morgan fingerprint density at radius 1 is 1.33 bits per heavy atom. The van der Waals surface area contributed by atoms with E-state index in [1.54, 1.807) is 4.68 Å². The van der Waals surface area contributed by atoms with Gasteiger partial charge in [0.15, 0.2) is 5.69 Å². The highest BCUT2D eigenvalue weighted by molar-refractivity contribution is 5.93. The van der Waals surface area contributed by atoms with E-state index >= 15 is 0 Å². The third-order valence-electron chi connectivity index (χ3n) is 3.86. The van der Waals surface area contributed by atoms with Crippen LogP contribution in [0, 0.1) is 6.92 Å². The number of hydrogen-bond donors (Lipinski definition) is 1. The molecule has 1 saturated heterocycles. The van der Waals surface area contributed by atoms with Gasteiger partial charge in [-0.05, 0) is 26.0 Å². The number of hydrogen-bond acceptors (Lipinski definition) is 4. The van der Waals surface area contributed by atoms with Crippen LogP contribution in [-0.2, 0) is 0 Å². The first kappa shape index (κ1) is 13.8. The second-order valence-electron chi connectivity index (χ2n) is 5.32. The summed E-state index contributed by atoms with van der Waals surface area (Å²) in [5, 5.41) is 11.5. The maximum atomic E-state index is 12.7. The Balaban J connectivity index is 1.90. The molecule has 1 aliphatic rings. The number of carbonyl (C=O) groups excluding carboxylic acids is 1. The summed E-state index contributed by atoms with van der Waals surface area (Å²) in [5.74, 6) is -0.0383. The molecule has 0 saturated carbocycles. The van der Waals surface area contributed by atoms with Crippen molar-refractivity contribution in [1.29, 1.82) is 0 Å². The molecule has 2 aromatic rings. The van der Waals surface area contributed by atoms with Gasteiger partial charge in [-0.3, -0.25) is 4.79 Å². The molecular weight excluding hydrogens is 266 g/mol. The van der Waals surface area contributed by atoms with E-state index in [0.29, 0.717) is 12.2 Å². The minimum atomic E-state index is -0.0383. The van der Waals surface area contributed by atoms with Gasteiger partial charge in [-0.2, -0.15) is 0 Å². The Morgan fingerprint density at radius 2 is 2.10 bits per heavy atom. The van der Waals surface area contributed by atoms with E-state index < -0.39 is 0 Å². The SMILES string of the molecule is Cc1c(C(=O)N2CCNC[C@@H]2C)nnn1-c1ccccc1. The number of carbonyl (C=O) groups is 1. The van der Waals surface area contributed by atoms with Crippen LogP contribution in [0.5, 0.6) is 0 Å². The van der Waals surface area contributed by atoms with Crippen molar-refractivity contribution in [2.45, 2.75) is 19.9 Å². The molecule has 0 spiro atoms. The van der Waals surface area contributed by atoms with E-state index in [9.17, 15) is 4.79 Å². The molecule has 0 radical (unpaired) electrons. The molecule has 1 aliphatic heterocycles. The Labute approximate surface area is 123 Å². The van der Waals surface area contributed by atoms with Crippen LogP contribution in [0.15, 0.2) is 30.3 Å². The summed E-state index contributed by atoms with van der Waals surface area (Å²) in [5.41, 5.74) is 2.12. The van der Waals surface area contributed by atoms with Crippen molar-refractivity contribution in [3.05, 3.63) is 41.7 Å². The average molecular weight is 285 g/mol. The topological polar surface area (TPSA) is 63.1 Å². The first-order chi connectivity index (χ1) is 10.2. The van der Waals surface area contributed by atoms with Crippen LogP contribution < -0.4 is 5.32 Å². The second kappa shape index (κ2) is 5.65. The normalized spacial score (nSPS) is 18.8. The predicted octanol–water partition coefficient (Wildman–Crippen LogP) is 1.01. The Bertz CT molecular complexity index is 637. The van der Waals surface area contributed by atoms with Crippen molar-refractivity contribution in [2.24, 2.45) is 0 Å². The van der Waals surface area contributed by atoms with Gasteiger partial charge in [0, 0.05) is 25.7 Å². The molecule has 3 rings (SSSR count). The predicted molar refractivity (Wildman–Crippen MR) is 79.5 cm³/mol. The monoisotopic (exact) mass is 285 g/mol. The van der Waals surface area contributed by atoms with E-state index in [1.807, 2.05) is 49.1 Å². The lowest BCUT2D eigenvalue weighted by atomic mass is 10.2. The standard InChI is InChI=1S/C15H19N5O/c1-11-10-16-8-9-19(11)15(21)14-12(2)20(18-17-14)13-6-4-3-5-7-13/h3-7,11,16H,8-10H2,1-2H3/t11-/m0/s1. The molecule has 1 fully saturated rings. The highest BCUT2D eigenvalue weighted by atomic mass is 16.2. The summed E-state index contributed by atoms with van der Waals surface area (Å²) in [7, 11) is 0. The summed E-state index contributed by atoms with van der Waals surface area (Å²) < 4.78 is 1.71. The molecule has 2 heterocycles. The summed E-state index contributed by atoms with van der Waals surface area (Å²) >= 11 is 0. The van der Waals surface area contributed by atoms with Gasteiger partial charge in [-0.15, -0.1) is 5.10 Å². The van der Waals surface area contributed by atoms with Gasteiger partial charge in [-0.25, -0.2) is 4.68 Å². The van der Waals surface area contributed by atoms with Crippen molar-refractivity contribution in [2.75, 3.05) is 19.6 Å². The van der Waals surface area contributed by atoms with Crippen LogP contribution in [0.25, 0.3) is 5.69 Å². The summed E-state index contributed by atoms with van der Waals surface area (Å²) in [6.45, 7) is 6.27. The molecule has 6 heteroatoms. The molecule has 0 aliphatic carbocycles. The number of nitrogens with zero attached hydrogens (tertiary/aromatic N) is 4. The molecule has 21 heavy (non-hydrogen) atoms. The Hall–Kier alpha value is -2.21. The minimum absolute atomic E-state index is 0.0383. The number of aromatic nitrogens is 3. The van der Waals surface area contributed by atoms with Gasteiger partial charge in [0.05, 0.1) is 11.4 Å². The molecule has 0 unspecified atom stereocenters. The van der Waals surface area contributed by atoms with Crippen LogP contribution in [0.2, 0.25) is 0 Å². The largest absolute Gasteiger partial charge is 0.332 e. The van der Waals surface area contributed by atoms with Gasteiger partial charge < -0.3 is 10.2 Å². The van der Waals surface area contributed by atoms with E-state index in [0.717, 1.165) is 24.5 Å². The van der Waals surface area contributed by atoms with Crippen molar-refractivity contribution < 1.29 is 4.79 Å². The van der Waals surface area contributed by atoms with Crippen molar-refractivity contribution in [1.82, 2.24) is 25.2 Å². The van der Waals surface area contributed by atoms with Crippen LogP contribution in [0.3, 0.4) is 0 Å². The fourth-order valence-corrected chi connectivity index (χ4v) is 2.62. The lowest BCUT2D eigenvalue weighted by Gasteiger charge is -2.33. The van der Waals surface area contributed by atoms with Crippen LogP contribution in [-0.4, -0.2) is 51.5 Å². The third kappa shape index (κ3) is 2.54. The first-order valence-corrected chi connectivity index (χ1v) is 7.18. The number of piperazine rings is 1. The van der Waals surface area contributed by atoms with E-state index in [4.69, 9.17) is 0 Å². The summed E-state index contributed by atoms with van der Waals surface area (Å²) in [6, 6.07) is 9.90. The molecule has 1 aromatic heterocycles. The molecule has 1 amide bonds. The lowest BCUT2D eigenvalue weighted by Crippen LogP contribution is -2.52. The van der Waals surface area contributed by atoms with Gasteiger partial charge >= 0.3 is 0 Å². The number of amides is 1. The zero-order valence-electron chi connectivity index (χ0n) is 12.3. The smallest absolute Gasteiger partial charge is 0.276 e. The van der Waals surface area contributed by atoms with Crippen LogP contribution >= 0.6 is 0 Å². The van der Waals surface area contributed by atoms with Gasteiger partial charge in [0.2, 0.25) is 0 Å². The fraction of sp³-hybridized carbons (Fsp3) is 0.400. The Kier molecular flexibility index (Phi) is 3.70. The average Bonchev–Trinajstić information content (AvgIpc) is 2.90. The summed E-state index contributed by atoms with van der Waals surface area (Å²) in [4.78, 5) is 14.5. The van der Waals surface area contributed by atoms with Crippen molar-refractivity contribution in [3.63, 3.8) is 0 Å². The van der Waals surface area contributed by atoms with Gasteiger partial charge in [0.1, 0.15) is 0 Å². The molecule has 6 nitrogen and oxygen atoms in total. The fourth-order valence-electron chi connectivity index (χ4n) is 2.62. The number of rotatable bonds is 2. The molecule has 110 valence electrons. The minimum Gasteiger partial charge on any atom is -0.332 e. The second-order valence-corrected chi connectivity index (χ2v) is 5.32. The maximum Gasteiger partial charge on any atom is 0.276 e. The number of benzene rings is 1. The van der Waals surface area contributed by atoms with Crippen molar-refractivity contribution >= 4 is 5.91 Å². The van der Waals surface area contributed by atoms with Crippen LogP contribution in [0.1, 0.15) is 23.1 Å². The van der Waals surface area contributed by atoms with E-state index in [1.165, 1.54) is 0 Å². The quantitative estimate of drug-likeness (QED) is 0.894. The molecular formula is C15H19N5O. The number of nitrogens with one attached hydrogen (secondary N) is 1. The zero-order valence-corrected chi connectivity index (χ0v) is 12.3. The molecule has 1 N–H and O–H groups in total. The number of para-hydroxylation sites is 1. The highest BCUT2D eigenvalue weighted by Gasteiger charge is 2.28. The summed E-state index contributed by atoms with van der Waals surface area (Å²) in [6.07, 6.45) is 0. The van der Waals surface area contributed by atoms with Gasteiger partial charge in [0.25, 0.3) is 5.91 Å². The highest BCUT2D eigenvalue weighted by Crippen LogP contribution is 2.15. The molecule has 0 bridgehead atoms. The molecule has 1 aromatic carbocycles. The maximum absolute atomic E-state index is 12.7. The van der Waals surface area contributed by atoms with E-state index in [-0.39, 0.29) is 11.9 Å².